The molecule has 0 aromatic rings. The summed E-state index contributed by atoms with van der Waals surface area (Å²) < 4.78 is 11.2. The minimum absolute atomic E-state index is 0.0212. The van der Waals surface area contributed by atoms with Crippen molar-refractivity contribution in [1.82, 2.24) is 0 Å². The third kappa shape index (κ3) is 3.45. The van der Waals surface area contributed by atoms with Gasteiger partial charge in [-0.25, -0.2) is 0 Å². The van der Waals surface area contributed by atoms with Crippen LogP contribution in [-0.2, 0) is 19.1 Å². The molecule has 29 heavy (non-hydrogen) atoms. The molecule has 0 radical (unpaired) electrons. The topological polar surface area (TPSA) is 52.6 Å². The van der Waals surface area contributed by atoms with Gasteiger partial charge in [-0.3, -0.25) is 9.59 Å². The Morgan fingerprint density at radius 1 is 1.00 bits per heavy atom. The molecule has 4 aliphatic rings. The van der Waals surface area contributed by atoms with Crippen molar-refractivity contribution in [2.75, 3.05) is 0 Å². The number of carbonyl (C=O) groups excluding carboxylic acids is 2. The van der Waals surface area contributed by atoms with Crippen LogP contribution in [-0.4, -0.2) is 24.1 Å². The van der Waals surface area contributed by atoms with E-state index in [9.17, 15) is 9.59 Å². The van der Waals surface area contributed by atoms with Gasteiger partial charge in [-0.15, -0.1) is 0 Å². The standard InChI is InChI=1S/C25H38O4/c1-15(28-16(2)26)21-8-9-22-20-7-6-18-14-19(29-17(3)27)10-12-24(18,4)23(20)11-13-25(21,22)5/h14-15,19-23H,6-13H2,1-5H3/t15?,19?,20-,21+,22-,23-,24-,25+/m0/s1. The highest BCUT2D eigenvalue weighted by molar-refractivity contribution is 5.66. The zero-order chi connectivity index (χ0) is 21.0. The minimum Gasteiger partial charge on any atom is -0.463 e. The first-order valence-corrected chi connectivity index (χ1v) is 11.7. The summed E-state index contributed by atoms with van der Waals surface area (Å²) >= 11 is 0. The van der Waals surface area contributed by atoms with Gasteiger partial charge in [0.2, 0.25) is 0 Å². The molecule has 4 nitrogen and oxygen atoms in total. The van der Waals surface area contributed by atoms with Crippen molar-refractivity contribution in [3.8, 4) is 0 Å². The van der Waals surface area contributed by atoms with Crippen LogP contribution in [0.3, 0.4) is 0 Å². The number of esters is 2. The summed E-state index contributed by atoms with van der Waals surface area (Å²) in [6.07, 6.45) is 11.7. The zero-order valence-electron chi connectivity index (χ0n) is 18.8. The molecule has 4 heteroatoms. The van der Waals surface area contributed by atoms with E-state index in [1.165, 1.54) is 46.0 Å². The summed E-state index contributed by atoms with van der Waals surface area (Å²) in [7, 11) is 0. The van der Waals surface area contributed by atoms with E-state index in [1.807, 2.05) is 0 Å². The van der Waals surface area contributed by atoms with E-state index < -0.39 is 0 Å². The third-order valence-electron chi connectivity index (χ3n) is 9.38. The van der Waals surface area contributed by atoms with Crippen molar-refractivity contribution in [2.45, 2.75) is 98.2 Å². The van der Waals surface area contributed by atoms with Gasteiger partial charge in [-0.1, -0.05) is 19.4 Å². The second kappa shape index (κ2) is 7.42. The fourth-order valence-electron chi connectivity index (χ4n) is 8.16. The zero-order valence-corrected chi connectivity index (χ0v) is 18.8. The van der Waals surface area contributed by atoms with Crippen LogP contribution >= 0.6 is 0 Å². The Morgan fingerprint density at radius 2 is 1.76 bits per heavy atom. The Morgan fingerprint density at radius 3 is 2.45 bits per heavy atom. The monoisotopic (exact) mass is 402 g/mol. The van der Waals surface area contributed by atoms with Crippen LogP contribution in [0.25, 0.3) is 0 Å². The van der Waals surface area contributed by atoms with Crippen molar-refractivity contribution in [3.05, 3.63) is 11.6 Å². The number of hydrogen-bond acceptors (Lipinski definition) is 4. The number of allylic oxidation sites excluding steroid dienone is 1. The number of carbonyl (C=O) groups is 2. The number of ether oxygens (including phenoxy) is 2. The van der Waals surface area contributed by atoms with Crippen LogP contribution < -0.4 is 0 Å². The highest BCUT2D eigenvalue weighted by Gasteiger charge is 2.60. The van der Waals surface area contributed by atoms with Crippen molar-refractivity contribution in [1.29, 1.82) is 0 Å². The third-order valence-corrected chi connectivity index (χ3v) is 9.38. The predicted octanol–water partition coefficient (Wildman–Crippen LogP) is 5.45. The van der Waals surface area contributed by atoms with Crippen molar-refractivity contribution < 1.29 is 19.1 Å². The Labute approximate surface area is 175 Å². The summed E-state index contributed by atoms with van der Waals surface area (Å²) in [4.78, 5) is 22.9. The maximum absolute atomic E-state index is 11.5. The van der Waals surface area contributed by atoms with Crippen LogP contribution in [0.15, 0.2) is 11.6 Å². The van der Waals surface area contributed by atoms with E-state index in [4.69, 9.17) is 9.47 Å². The highest BCUT2D eigenvalue weighted by Crippen LogP contribution is 2.67. The molecule has 0 saturated heterocycles. The Balaban J connectivity index is 1.54. The second-order valence-electron chi connectivity index (χ2n) is 10.8. The van der Waals surface area contributed by atoms with Crippen molar-refractivity contribution >= 4 is 11.9 Å². The van der Waals surface area contributed by atoms with E-state index in [1.54, 1.807) is 5.57 Å². The van der Waals surface area contributed by atoms with Crippen LogP contribution in [0.5, 0.6) is 0 Å². The molecule has 4 rings (SSSR count). The molecule has 0 bridgehead atoms. The van der Waals surface area contributed by atoms with Crippen molar-refractivity contribution in [2.24, 2.45) is 34.5 Å². The average Bonchev–Trinajstić information content (AvgIpc) is 2.98. The normalized spacial score (nSPS) is 44.6. The van der Waals surface area contributed by atoms with E-state index in [2.05, 4.69) is 26.8 Å². The van der Waals surface area contributed by atoms with Crippen molar-refractivity contribution in [3.63, 3.8) is 0 Å². The molecule has 0 heterocycles. The first-order valence-electron chi connectivity index (χ1n) is 11.7. The number of hydrogen-bond donors (Lipinski definition) is 0. The molecule has 8 atom stereocenters. The van der Waals surface area contributed by atoms with Gasteiger partial charge in [-0.05, 0) is 93.0 Å². The molecule has 0 aromatic heterocycles. The van der Waals surface area contributed by atoms with Crippen LogP contribution in [0.4, 0.5) is 0 Å². The van der Waals surface area contributed by atoms with Crippen LogP contribution in [0.1, 0.15) is 86.0 Å². The molecule has 3 fully saturated rings. The molecule has 0 aromatic carbocycles. The second-order valence-corrected chi connectivity index (χ2v) is 10.8. The van der Waals surface area contributed by atoms with Gasteiger partial charge in [0.15, 0.2) is 0 Å². The van der Waals surface area contributed by atoms with Gasteiger partial charge in [0.25, 0.3) is 0 Å². The quantitative estimate of drug-likeness (QED) is 0.465. The molecule has 162 valence electrons. The summed E-state index contributed by atoms with van der Waals surface area (Å²) in [6, 6.07) is 0. The molecule has 3 saturated carbocycles. The van der Waals surface area contributed by atoms with Gasteiger partial charge < -0.3 is 9.47 Å². The molecule has 0 N–H and O–H groups in total. The lowest BCUT2D eigenvalue weighted by molar-refractivity contribution is -0.153. The molecule has 0 spiro atoms. The van der Waals surface area contributed by atoms with Gasteiger partial charge in [-0.2, -0.15) is 0 Å². The van der Waals surface area contributed by atoms with E-state index in [0.29, 0.717) is 11.3 Å². The summed E-state index contributed by atoms with van der Waals surface area (Å²) in [5.74, 6) is 2.42. The van der Waals surface area contributed by atoms with Crippen LogP contribution in [0.2, 0.25) is 0 Å². The molecule has 4 aliphatic carbocycles. The largest absolute Gasteiger partial charge is 0.463 e. The Bertz CT molecular complexity index is 712. The van der Waals surface area contributed by atoms with Gasteiger partial charge in [0, 0.05) is 19.8 Å². The maximum Gasteiger partial charge on any atom is 0.303 e. The SMILES string of the molecule is CC(=O)OC1C=C2CC[C@H]3[C@@H]4CC[C@H](C(C)OC(C)=O)[C@@]4(C)CC[C@@H]3[C@@]2(C)CC1. The first kappa shape index (κ1) is 20.9. The molecular formula is C25H38O4. The lowest BCUT2D eigenvalue weighted by Gasteiger charge is -2.58. The van der Waals surface area contributed by atoms with E-state index >= 15 is 0 Å². The molecule has 0 amide bonds. The molecule has 0 aliphatic heterocycles. The average molecular weight is 403 g/mol. The minimum atomic E-state index is -0.170. The predicted molar refractivity (Wildman–Crippen MR) is 112 cm³/mol. The lowest BCUT2D eigenvalue weighted by atomic mass is 9.46. The molecular weight excluding hydrogens is 364 g/mol. The van der Waals surface area contributed by atoms with Crippen LogP contribution in [0, 0.1) is 34.5 Å². The lowest BCUT2D eigenvalue weighted by Crippen LogP contribution is -2.51. The number of rotatable bonds is 3. The fraction of sp³-hybridized carbons (Fsp3) is 0.840. The smallest absolute Gasteiger partial charge is 0.303 e. The summed E-state index contributed by atoms with van der Waals surface area (Å²) in [5.41, 5.74) is 2.10. The number of fused-ring (bicyclic) bond motifs is 5. The van der Waals surface area contributed by atoms with E-state index in [0.717, 1.165) is 37.0 Å². The Kier molecular flexibility index (Phi) is 5.36. The first-order chi connectivity index (χ1) is 13.6. The Hall–Kier alpha value is -1.32. The summed E-state index contributed by atoms with van der Waals surface area (Å²) in [5, 5.41) is 0. The van der Waals surface area contributed by atoms with E-state index in [-0.39, 0.29) is 29.6 Å². The van der Waals surface area contributed by atoms with Gasteiger partial charge >= 0.3 is 11.9 Å². The fourth-order valence-corrected chi connectivity index (χ4v) is 8.16. The van der Waals surface area contributed by atoms with Gasteiger partial charge in [0.1, 0.15) is 12.2 Å². The summed E-state index contributed by atoms with van der Waals surface area (Å²) in [6.45, 7) is 10.1. The molecule has 2 unspecified atom stereocenters. The van der Waals surface area contributed by atoms with Gasteiger partial charge in [0.05, 0.1) is 0 Å². The highest BCUT2D eigenvalue weighted by atomic mass is 16.5. The maximum atomic E-state index is 11.5.